The number of H-pyrrole nitrogens is 1. The van der Waals surface area contributed by atoms with E-state index in [1.54, 1.807) is 28.9 Å². The number of carbonyl (C=O) groups is 2. The lowest BCUT2D eigenvalue weighted by atomic mass is 10.2. The van der Waals surface area contributed by atoms with Crippen molar-refractivity contribution in [2.45, 2.75) is 13.5 Å². The van der Waals surface area contributed by atoms with Gasteiger partial charge in [-0.05, 0) is 31.2 Å². The van der Waals surface area contributed by atoms with Gasteiger partial charge in [0.15, 0.2) is 0 Å². The van der Waals surface area contributed by atoms with Gasteiger partial charge in [0.25, 0.3) is 11.8 Å². The minimum absolute atomic E-state index is 0.298. The SMILES string of the molecule is CCn1nccc1C(=O)Nc1cccc(NC(=O)c2[nH]nc(OC)c2[N+](=O)[O-])c1. The number of anilines is 2. The number of aromatic nitrogens is 4. The minimum Gasteiger partial charge on any atom is -0.475 e. The number of nitrogens with zero attached hydrogens (tertiary/aromatic N) is 4. The first-order valence-electron chi connectivity index (χ1n) is 8.46. The lowest BCUT2D eigenvalue weighted by Crippen LogP contribution is -2.18. The molecule has 0 fully saturated rings. The van der Waals surface area contributed by atoms with E-state index in [2.05, 4.69) is 25.9 Å². The molecule has 3 aromatic rings. The van der Waals surface area contributed by atoms with Gasteiger partial charge in [0.2, 0.25) is 5.69 Å². The number of nitro groups is 1. The van der Waals surface area contributed by atoms with Gasteiger partial charge in [-0.15, -0.1) is 5.10 Å². The predicted molar refractivity (Wildman–Crippen MR) is 102 cm³/mol. The van der Waals surface area contributed by atoms with Gasteiger partial charge in [-0.25, -0.2) is 0 Å². The first-order chi connectivity index (χ1) is 13.9. The van der Waals surface area contributed by atoms with Crippen LogP contribution in [0.25, 0.3) is 0 Å². The van der Waals surface area contributed by atoms with Crippen LogP contribution in [0.3, 0.4) is 0 Å². The summed E-state index contributed by atoms with van der Waals surface area (Å²) in [6.07, 6.45) is 1.53. The van der Waals surface area contributed by atoms with Crippen LogP contribution in [0.5, 0.6) is 5.88 Å². The lowest BCUT2D eigenvalue weighted by molar-refractivity contribution is -0.386. The Morgan fingerprint density at radius 2 is 1.93 bits per heavy atom. The van der Waals surface area contributed by atoms with Crippen molar-refractivity contribution in [2.24, 2.45) is 0 Å². The molecular weight excluding hydrogens is 382 g/mol. The van der Waals surface area contributed by atoms with Gasteiger partial charge in [0, 0.05) is 24.1 Å². The first-order valence-corrected chi connectivity index (χ1v) is 8.46. The fourth-order valence-electron chi connectivity index (χ4n) is 2.63. The molecule has 0 saturated carbocycles. The van der Waals surface area contributed by atoms with Crippen molar-refractivity contribution < 1.29 is 19.2 Å². The Morgan fingerprint density at radius 1 is 1.24 bits per heavy atom. The summed E-state index contributed by atoms with van der Waals surface area (Å²) in [5, 5.41) is 26.4. The highest BCUT2D eigenvalue weighted by molar-refractivity contribution is 6.07. The van der Waals surface area contributed by atoms with Crippen LogP contribution in [0.2, 0.25) is 0 Å². The maximum atomic E-state index is 12.4. The highest BCUT2D eigenvalue weighted by Crippen LogP contribution is 2.28. The number of amides is 2. The van der Waals surface area contributed by atoms with Gasteiger partial charge in [-0.1, -0.05) is 6.07 Å². The minimum atomic E-state index is -0.778. The van der Waals surface area contributed by atoms with Crippen LogP contribution in [0.4, 0.5) is 17.1 Å². The molecule has 3 N–H and O–H groups in total. The number of nitrogens with one attached hydrogen (secondary N) is 3. The molecule has 0 atom stereocenters. The third kappa shape index (κ3) is 4.05. The summed E-state index contributed by atoms with van der Waals surface area (Å²) in [6, 6.07) is 7.94. The molecule has 150 valence electrons. The molecule has 0 aliphatic carbocycles. The summed E-state index contributed by atoms with van der Waals surface area (Å²) >= 11 is 0. The van der Waals surface area contributed by atoms with Crippen molar-refractivity contribution in [1.82, 2.24) is 20.0 Å². The van der Waals surface area contributed by atoms with Crippen LogP contribution in [0.15, 0.2) is 36.5 Å². The van der Waals surface area contributed by atoms with Crippen LogP contribution < -0.4 is 15.4 Å². The number of aryl methyl sites for hydroxylation is 1. The molecule has 2 heterocycles. The summed E-state index contributed by atoms with van der Waals surface area (Å²) < 4.78 is 6.33. The number of methoxy groups -OCH3 is 1. The molecule has 29 heavy (non-hydrogen) atoms. The molecule has 0 spiro atoms. The number of rotatable bonds is 7. The summed E-state index contributed by atoms with van der Waals surface area (Å²) in [4.78, 5) is 35.3. The van der Waals surface area contributed by atoms with Crippen molar-refractivity contribution in [1.29, 1.82) is 0 Å². The quantitative estimate of drug-likeness (QED) is 0.405. The Bertz CT molecular complexity index is 1070. The second-order valence-corrected chi connectivity index (χ2v) is 5.73. The molecule has 0 aliphatic rings. The molecule has 1 aromatic carbocycles. The summed E-state index contributed by atoms with van der Waals surface area (Å²) in [7, 11) is 1.21. The molecule has 0 aliphatic heterocycles. The fraction of sp³-hybridized carbons (Fsp3) is 0.176. The molecule has 12 heteroatoms. The standard InChI is InChI=1S/C17H17N7O5/c1-3-23-12(7-8-18-23)15(25)19-10-5-4-6-11(9-10)20-16(26)13-14(24(27)28)17(29-2)22-21-13/h4-9H,3H2,1-2H3,(H,19,25)(H,20,26)(H,21,22). The van der Waals surface area contributed by atoms with E-state index in [4.69, 9.17) is 4.74 Å². The second-order valence-electron chi connectivity index (χ2n) is 5.73. The van der Waals surface area contributed by atoms with Gasteiger partial charge in [0.05, 0.1) is 12.0 Å². The number of hydrogen-bond acceptors (Lipinski definition) is 7. The van der Waals surface area contributed by atoms with E-state index >= 15 is 0 Å². The van der Waals surface area contributed by atoms with Crippen LogP contribution >= 0.6 is 0 Å². The molecule has 2 amide bonds. The van der Waals surface area contributed by atoms with E-state index in [1.807, 2.05) is 6.92 Å². The molecule has 0 saturated heterocycles. The maximum absolute atomic E-state index is 12.4. The van der Waals surface area contributed by atoms with E-state index < -0.39 is 16.5 Å². The zero-order valence-corrected chi connectivity index (χ0v) is 15.5. The Hall–Kier alpha value is -4.22. The maximum Gasteiger partial charge on any atom is 0.362 e. The molecule has 12 nitrogen and oxygen atoms in total. The van der Waals surface area contributed by atoms with Crippen LogP contribution in [0, 0.1) is 10.1 Å². The van der Waals surface area contributed by atoms with Crippen molar-refractivity contribution in [3.05, 3.63) is 58.0 Å². The van der Waals surface area contributed by atoms with Crippen LogP contribution in [0.1, 0.15) is 27.9 Å². The van der Waals surface area contributed by atoms with E-state index in [0.29, 0.717) is 23.6 Å². The van der Waals surface area contributed by atoms with Crippen molar-refractivity contribution in [2.75, 3.05) is 17.7 Å². The number of benzene rings is 1. The first kappa shape index (κ1) is 19.5. The molecule has 3 rings (SSSR count). The molecule has 0 bridgehead atoms. The number of carbonyl (C=O) groups excluding carboxylic acids is 2. The highest BCUT2D eigenvalue weighted by Gasteiger charge is 2.30. The second kappa shape index (κ2) is 8.21. The Labute approximate surface area is 164 Å². The van der Waals surface area contributed by atoms with Crippen LogP contribution in [-0.2, 0) is 6.54 Å². The van der Waals surface area contributed by atoms with Crippen LogP contribution in [-0.4, -0.2) is 43.8 Å². The van der Waals surface area contributed by atoms with E-state index in [0.717, 1.165) is 0 Å². The van der Waals surface area contributed by atoms with Crippen molar-refractivity contribution >= 4 is 28.9 Å². The van der Waals surface area contributed by atoms with Gasteiger partial charge >= 0.3 is 11.6 Å². The Morgan fingerprint density at radius 3 is 2.55 bits per heavy atom. The van der Waals surface area contributed by atoms with Crippen molar-refractivity contribution in [3.63, 3.8) is 0 Å². The summed E-state index contributed by atoms with van der Waals surface area (Å²) in [5.74, 6) is -1.43. The highest BCUT2D eigenvalue weighted by atomic mass is 16.6. The zero-order valence-electron chi connectivity index (χ0n) is 15.5. The van der Waals surface area contributed by atoms with Gasteiger partial charge in [0.1, 0.15) is 5.69 Å². The Kier molecular flexibility index (Phi) is 5.53. The normalized spacial score (nSPS) is 10.4. The molecule has 0 unspecified atom stereocenters. The smallest absolute Gasteiger partial charge is 0.362 e. The fourth-order valence-corrected chi connectivity index (χ4v) is 2.63. The molecule has 0 radical (unpaired) electrons. The summed E-state index contributed by atoms with van der Waals surface area (Å²) in [6.45, 7) is 2.40. The molecule has 2 aromatic heterocycles. The van der Waals surface area contributed by atoms with E-state index in [9.17, 15) is 19.7 Å². The average Bonchev–Trinajstić information content (AvgIpc) is 3.34. The monoisotopic (exact) mass is 399 g/mol. The average molecular weight is 399 g/mol. The summed E-state index contributed by atoms with van der Waals surface area (Å²) in [5.41, 5.74) is 0.213. The predicted octanol–water partition coefficient (Wildman–Crippen LogP) is 2.05. The third-order valence-corrected chi connectivity index (χ3v) is 3.94. The van der Waals surface area contributed by atoms with Gasteiger partial charge in [-0.2, -0.15) is 5.10 Å². The van der Waals surface area contributed by atoms with Gasteiger partial charge in [-0.3, -0.25) is 29.5 Å². The Balaban J connectivity index is 1.77. The van der Waals surface area contributed by atoms with E-state index in [-0.39, 0.29) is 17.5 Å². The number of ether oxygens (including phenoxy) is 1. The number of hydrogen-bond donors (Lipinski definition) is 3. The largest absolute Gasteiger partial charge is 0.475 e. The molecular formula is C17H17N7O5. The van der Waals surface area contributed by atoms with E-state index in [1.165, 1.54) is 19.4 Å². The lowest BCUT2D eigenvalue weighted by Gasteiger charge is -2.09. The number of aromatic amines is 1. The zero-order chi connectivity index (χ0) is 21.0. The third-order valence-electron chi connectivity index (χ3n) is 3.94. The topological polar surface area (TPSA) is 157 Å². The van der Waals surface area contributed by atoms with Gasteiger partial charge < -0.3 is 15.4 Å². The van der Waals surface area contributed by atoms with Crippen molar-refractivity contribution in [3.8, 4) is 5.88 Å².